The lowest BCUT2D eigenvalue weighted by atomic mass is 9.88. The number of nitrogens with zero attached hydrogens (tertiary/aromatic N) is 2. The van der Waals surface area contributed by atoms with E-state index >= 15 is 0 Å². The van der Waals surface area contributed by atoms with Gasteiger partial charge in [0.15, 0.2) is 0 Å². The van der Waals surface area contributed by atoms with Gasteiger partial charge in [-0.15, -0.1) is 0 Å². The zero-order chi connectivity index (χ0) is 15.8. The predicted octanol–water partition coefficient (Wildman–Crippen LogP) is 4.28. The molecule has 112 valence electrons. The smallest absolute Gasteiger partial charge is 0.150 e. The van der Waals surface area contributed by atoms with Crippen LogP contribution in [0.4, 0.5) is 0 Å². The van der Waals surface area contributed by atoms with Gasteiger partial charge < -0.3 is 0 Å². The Morgan fingerprint density at radius 3 is 1.95 bits per heavy atom. The Hall–Kier alpha value is -1.90. The molecule has 0 N–H and O–H groups in total. The van der Waals surface area contributed by atoms with Crippen LogP contribution in [0.3, 0.4) is 0 Å². The topological polar surface area (TPSA) is 34.9 Å². The first-order valence-corrected chi connectivity index (χ1v) is 7.29. The lowest BCUT2D eigenvalue weighted by Crippen LogP contribution is -2.17. The molecule has 21 heavy (non-hydrogen) atoms. The molecular formula is C18H24N2O. The molecule has 0 spiro atoms. The minimum absolute atomic E-state index is 0.000168. The van der Waals surface area contributed by atoms with Crippen molar-refractivity contribution in [2.45, 2.75) is 52.4 Å². The van der Waals surface area contributed by atoms with Crippen LogP contribution in [0.5, 0.6) is 0 Å². The number of hydrogen-bond donors (Lipinski definition) is 0. The van der Waals surface area contributed by atoms with E-state index in [2.05, 4.69) is 47.6 Å². The summed E-state index contributed by atoms with van der Waals surface area (Å²) in [6.07, 6.45) is 0.859. The van der Waals surface area contributed by atoms with Crippen LogP contribution in [0.15, 0.2) is 30.3 Å². The Morgan fingerprint density at radius 1 is 0.952 bits per heavy atom. The van der Waals surface area contributed by atoms with Gasteiger partial charge >= 0.3 is 0 Å². The van der Waals surface area contributed by atoms with Crippen LogP contribution in [-0.2, 0) is 10.8 Å². The fourth-order valence-electron chi connectivity index (χ4n) is 2.17. The van der Waals surface area contributed by atoms with Gasteiger partial charge in [0, 0.05) is 22.1 Å². The zero-order valence-corrected chi connectivity index (χ0v) is 13.8. The minimum Gasteiger partial charge on any atom is -0.298 e. The summed E-state index contributed by atoms with van der Waals surface area (Å²) in [5.74, 6) is 0. The monoisotopic (exact) mass is 284 g/mol. The van der Waals surface area contributed by atoms with Gasteiger partial charge in [0.2, 0.25) is 0 Å². The number of hydrogen-bond acceptors (Lipinski definition) is 2. The molecule has 0 bridgehead atoms. The number of rotatable bonds is 2. The average Bonchev–Trinajstić information content (AvgIpc) is 2.83. The SMILES string of the molecule is CC(C)(C)c1cc(C(C)(C)C)n(-c2ccc(C=O)cc2)n1. The van der Waals surface area contributed by atoms with Crippen molar-refractivity contribution >= 4 is 6.29 Å². The first-order valence-electron chi connectivity index (χ1n) is 7.29. The van der Waals surface area contributed by atoms with Crippen LogP contribution in [0.2, 0.25) is 0 Å². The van der Waals surface area contributed by atoms with Crippen LogP contribution in [0.25, 0.3) is 5.69 Å². The van der Waals surface area contributed by atoms with Crippen molar-refractivity contribution < 1.29 is 4.79 Å². The molecular weight excluding hydrogens is 260 g/mol. The number of benzene rings is 1. The maximum atomic E-state index is 10.8. The third kappa shape index (κ3) is 3.23. The molecule has 0 saturated carbocycles. The number of aldehydes is 1. The summed E-state index contributed by atoms with van der Waals surface area (Å²) in [4.78, 5) is 10.8. The molecule has 0 aliphatic rings. The molecule has 2 aromatic rings. The highest BCUT2D eigenvalue weighted by molar-refractivity contribution is 5.75. The van der Waals surface area contributed by atoms with Crippen LogP contribution in [0.1, 0.15) is 63.3 Å². The van der Waals surface area contributed by atoms with Crippen LogP contribution in [-0.4, -0.2) is 16.1 Å². The van der Waals surface area contributed by atoms with Crippen molar-refractivity contribution in [3.63, 3.8) is 0 Å². The predicted molar refractivity (Wildman–Crippen MR) is 86.4 cm³/mol. The third-order valence-corrected chi connectivity index (χ3v) is 3.52. The summed E-state index contributed by atoms with van der Waals surface area (Å²) in [6, 6.07) is 9.73. The standard InChI is InChI=1S/C18H24N2O/c1-17(2,3)15-11-16(18(4,5)6)20(19-15)14-9-7-13(12-21)8-10-14/h7-12H,1-6H3. The summed E-state index contributed by atoms with van der Waals surface area (Å²) in [6.45, 7) is 13.1. The zero-order valence-electron chi connectivity index (χ0n) is 13.8. The van der Waals surface area contributed by atoms with E-state index in [-0.39, 0.29) is 10.8 Å². The fraction of sp³-hybridized carbons (Fsp3) is 0.444. The normalized spacial score (nSPS) is 12.5. The Kier molecular flexibility index (Phi) is 3.79. The third-order valence-electron chi connectivity index (χ3n) is 3.52. The second-order valence-electron chi connectivity index (χ2n) is 7.54. The quantitative estimate of drug-likeness (QED) is 0.771. The van der Waals surface area contributed by atoms with E-state index in [1.165, 1.54) is 5.69 Å². The second kappa shape index (κ2) is 5.14. The molecule has 0 radical (unpaired) electrons. The highest BCUT2D eigenvalue weighted by Crippen LogP contribution is 2.30. The highest BCUT2D eigenvalue weighted by Gasteiger charge is 2.26. The Bertz CT molecular complexity index is 637. The van der Waals surface area contributed by atoms with Crippen molar-refractivity contribution in [1.29, 1.82) is 0 Å². The maximum absolute atomic E-state index is 10.8. The van der Waals surface area contributed by atoms with E-state index in [0.717, 1.165) is 17.7 Å². The van der Waals surface area contributed by atoms with Gasteiger partial charge in [-0.05, 0) is 30.3 Å². The largest absolute Gasteiger partial charge is 0.298 e. The van der Waals surface area contributed by atoms with Crippen LogP contribution in [0, 0.1) is 0 Å². The van der Waals surface area contributed by atoms with E-state index in [0.29, 0.717) is 5.56 Å². The molecule has 0 aliphatic heterocycles. The van der Waals surface area contributed by atoms with Crippen molar-refractivity contribution in [2.24, 2.45) is 0 Å². The maximum Gasteiger partial charge on any atom is 0.150 e. The summed E-state index contributed by atoms with van der Waals surface area (Å²) in [5, 5.41) is 4.80. The van der Waals surface area contributed by atoms with E-state index in [1.54, 1.807) is 0 Å². The van der Waals surface area contributed by atoms with Gasteiger partial charge in [-0.1, -0.05) is 41.5 Å². The molecule has 2 rings (SSSR count). The molecule has 3 nitrogen and oxygen atoms in total. The van der Waals surface area contributed by atoms with Crippen molar-refractivity contribution in [3.05, 3.63) is 47.3 Å². The summed E-state index contributed by atoms with van der Waals surface area (Å²) < 4.78 is 2.00. The van der Waals surface area contributed by atoms with E-state index in [1.807, 2.05) is 28.9 Å². The van der Waals surface area contributed by atoms with Gasteiger partial charge in [-0.3, -0.25) is 4.79 Å². The molecule has 0 saturated heterocycles. The van der Waals surface area contributed by atoms with Crippen LogP contribution < -0.4 is 0 Å². The first kappa shape index (κ1) is 15.5. The van der Waals surface area contributed by atoms with Gasteiger partial charge in [0.25, 0.3) is 0 Å². The first-order chi connectivity index (χ1) is 9.63. The van der Waals surface area contributed by atoms with E-state index < -0.39 is 0 Å². The number of aromatic nitrogens is 2. The molecule has 1 aromatic heterocycles. The van der Waals surface area contributed by atoms with Crippen LogP contribution >= 0.6 is 0 Å². The second-order valence-corrected chi connectivity index (χ2v) is 7.54. The molecule has 0 atom stereocenters. The number of carbonyl (C=O) groups excluding carboxylic acids is 1. The molecule has 0 fully saturated rings. The molecule has 1 aromatic carbocycles. The van der Waals surface area contributed by atoms with Gasteiger partial charge in [-0.2, -0.15) is 5.10 Å². The molecule has 3 heteroatoms. The average molecular weight is 284 g/mol. The minimum atomic E-state index is -0.000168. The van der Waals surface area contributed by atoms with E-state index in [4.69, 9.17) is 5.10 Å². The summed E-state index contributed by atoms with van der Waals surface area (Å²) >= 11 is 0. The Morgan fingerprint density at radius 2 is 1.52 bits per heavy atom. The van der Waals surface area contributed by atoms with Gasteiger partial charge in [0.1, 0.15) is 6.29 Å². The summed E-state index contributed by atoms with van der Waals surface area (Å²) in [7, 11) is 0. The Labute approximate surface area is 127 Å². The van der Waals surface area contributed by atoms with E-state index in [9.17, 15) is 4.79 Å². The van der Waals surface area contributed by atoms with Crippen molar-refractivity contribution in [3.8, 4) is 5.69 Å². The molecule has 1 heterocycles. The lowest BCUT2D eigenvalue weighted by Gasteiger charge is -2.20. The Balaban J connectivity index is 2.60. The lowest BCUT2D eigenvalue weighted by molar-refractivity contribution is 0.112. The fourth-order valence-corrected chi connectivity index (χ4v) is 2.17. The van der Waals surface area contributed by atoms with Gasteiger partial charge in [-0.25, -0.2) is 4.68 Å². The van der Waals surface area contributed by atoms with Gasteiger partial charge in [0.05, 0.1) is 11.4 Å². The summed E-state index contributed by atoms with van der Waals surface area (Å²) in [5.41, 5.74) is 3.92. The highest BCUT2D eigenvalue weighted by atomic mass is 16.1. The van der Waals surface area contributed by atoms with Crippen molar-refractivity contribution in [1.82, 2.24) is 9.78 Å². The van der Waals surface area contributed by atoms with Crippen molar-refractivity contribution in [2.75, 3.05) is 0 Å². The molecule has 0 unspecified atom stereocenters. The molecule has 0 aliphatic carbocycles. The molecule has 0 amide bonds. The number of carbonyl (C=O) groups is 1.